The Bertz CT molecular complexity index is 1110. The van der Waals surface area contributed by atoms with Crippen molar-refractivity contribution in [1.82, 2.24) is 4.90 Å². The molecule has 0 amide bonds. The number of allylic oxidation sites excluding steroid dienone is 1. The highest BCUT2D eigenvalue weighted by atomic mass is 28.4. The van der Waals surface area contributed by atoms with Gasteiger partial charge in [-0.15, -0.1) is 0 Å². The van der Waals surface area contributed by atoms with Gasteiger partial charge >= 0.3 is 0 Å². The van der Waals surface area contributed by atoms with Crippen molar-refractivity contribution in [2.45, 2.75) is 136 Å². The molecule has 4 fully saturated rings. The Hall–Kier alpha value is -0.903. The van der Waals surface area contributed by atoms with Crippen molar-refractivity contribution >= 4 is 8.32 Å². The molecule has 234 valence electrons. The van der Waals surface area contributed by atoms with Gasteiger partial charge in [0.15, 0.2) is 8.32 Å². The standard InChI is InChI=1S/C39H63NOSi/c1-28(27-40-24-20-30(21-25-40)29-12-10-9-11-13-29)34-16-17-35-33-15-14-31-26-32(41-42(7,8)37(2,3)4)18-22-38(31,5)36(33)19-23-39(34,35)6/h9-14,28,30,32-36H,15-27H2,1-8H3/t28-,32+,33+,34-,35+,36+,38+,39-/m1/s1. The van der Waals surface area contributed by atoms with Crippen molar-refractivity contribution in [2.24, 2.45) is 40.4 Å². The lowest BCUT2D eigenvalue weighted by Gasteiger charge is -2.59. The van der Waals surface area contributed by atoms with Crippen molar-refractivity contribution in [2.75, 3.05) is 19.6 Å². The fourth-order valence-electron chi connectivity index (χ4n) is 11.0. The monoisotopic (exact) mass is 589 g/mol. The normalized spacial score (nSPS) is 38.8. The van der Waals surface area contributed by atoms with Crippen LogP contribution in [0.2, 0.25) is 18.1 Å². The van der Waals surface area contributed by atoms with Gasteiger partial charge in [0.25, 0.3) is 0 Å². The molecule has 4 aliphatic carbocycles. The number of likely N-dealkylation sites (tertiary alicyclic amines) is 1. The SMILES string of the molecule is C[C@H](CN1CCC(c2ccccc2)CC1)[C@H]1CC[C@H]2[C@@H]3CC=C4C[C@@H](O[Si](C)(C)C(C)(C)C)CC[C@]4(C)[C@H]3CC[C@]12C. The van der Waals surface area contributed by atoms with Gasteiger partial charge < -0.3 is 9.33 Å². The zero-order valence-corrected chi connectivity index (χ0v) is 29.6. The van der Waals surface area contributed by atoms with Gasteiger partial charge in [0, 0.05) is 12.6 Å². The molecule has 42 heavy (non-hydrogen) atoms. The first-order valence-corrected chi connectivity index (χ1v) is 20.9. The average molecular weight is 590 g/mol. The number of benzene rings is 1. The molecule has 1 aromatic rings. The Morgan fingerprint density at radius 1 is 0.929 bits per heavy atom. The van der Waals surface area contributed by atoms with Gasteiger partial charge in [-0.3, -0.25) is 0 Å². The predicted molar refractivity (Wildman–Crippen MR) is 181 cm³/mol. The fourth-order valence-corrected chi connectivity index (χ4v) is 12.4. The largest absolute Gasteiger partial charge is 0.414 e. The van der Waals surface area contributed by atoms with E-state index in [2.05, 4.69) is 95.9 Å². The molecule has 1 aliphatic heterocycles. The lowest BCUT2D eigenvalue weighted by molar-refractivity contribution is -0.0580. The summed E-state index contributed by atoms with van der Waals surface area (Å²) in [5.41, 5.74) is 4.31. The summed E-state index contributed by atoms with van der Waals surface area (Å²) in [6, 6.07) is 11.3. The number of nitrogens with zero attached hydrogens (tertiary/aromatic N) is 1. The molecule has 8 atom stereocenters. The summed E-state index contributed by atoms with van der Waals surface area (Å²) in [5, 5.41) is 0.294. The van der Waals surface area contributed by atoms with Crippen LogP contribution in [0.4, 0.5) is 0 Å². The summed E-state index contributed by atoms with van der Waals surface area (Å²) < 4.78 is 6.98. The van der Waals surface area contributed by atoms with Gasteiger partial charge in [0.1, 0.15) is 0 Å². The minimum Gasteiger partial charge on any atom is -0.414 e. The summed E-state index contributed by atoms with van der Waals surface area (Å²) in [6.45, 7) is 24.0. The summed E-state index contributed by atoms with van der Waals surface area (Å²) in [4.78, 5) is 2.83. The van der Waals surface area contributed by atoms with E-state index in [1.807, 2.05) is 0 Å². The summed E-state index contributed by atoms with van der Waals surface area (Å²) in [5.74, 6) is 5.23. The van der Waals surface area contributed by atoms with Crippen LogP contribution >= 0.6 is 0 Å². The third-order valence-corrected chi connectivity index (χ3v) is 19.0. The van der Waals surface area contributed by atoms with Gasteiger partial charge in [-0.2, -0.15) is 0 Å². The topological polar surface area (TPSA) is 12.5 Å². The number of rotatable bonds is 6. The van der Waals surface area contributed by atoms with Crippen molar-refractivity contribution in [3.8, 4) is 0 Å². The second-order valence-corrected chi connectivity index (χ2v) is 22.4. The molecule has 1 heterocycles. The minimum absolute atomic E-state index is 0.294. The first kappa shape index (κ1) is 31.1. The Kier molecular flexibility index (Phi) is 8.49. The molecule has 1 aromatic carbocycles. The van der Waals surface area contributed by atoms with Gasteiger partial charge in [-0.1, -0.05) is 83.5 Å². The molecular weight excluding hydrogens is 527 g/mol. The first-order valence-electron chi connectivity index (χ1n) is 18.0. The molecule has 0 radical (unpaired) electrons. The van der Waals surface area contributed by atoms with Crippen molar-refractivity contribution in [3.05, 3.63) is 47.5 Å². The lowest BCUT2D eigenvalue weighted by atomic mass is 9.47. The van der Waals surface area contributed by atoms with Crippen molar-refractivity contribution in [3.63, 3.8) is 0 Å². The zero-order chi connectivity index (χ0) is 29.9. The molecular formula is C39H63NOSi. The smallest absolute Gasteiger partial charge is 0.192 e. The predicted octanol–water partition coefficient (Wildman–Crippen LogP) is 10.5. The van der Waals surface area contributed by atoms with Crippen LogP contribution in [0, 0.1) is 40.4 Å². The maximum atomic E-state index is 6.98. The third kappa shape index (κ3) is 5.55. The van der Waals surface area contributed by atoms with E-state index < -0.39 is 8.32 Å². The second kappa shape index (κ2) is 11.5. The highest BCUT2D eigenvalue weighted by Gasteiger charge is 2.59. The summed E-state index contributed by atoms with van der Waals surface area (Å²) in [7, 11) is -1.72. The molecule has 0 spiro atoms. The first-order chi connectivity index (χ1) is 19.8. The molecule has 0 unspecified atom stereocenters. The van der Waals surface area contributed by atoms with Crippen LogP contribution in [0.5, 0.6) is 0 Å². The van der Waals surface area contributed by atoms with E-state index in [-0.39, 0.29) is 0 Å². The molecule has 5 aliphatic rings. The maximum absolute atomic E-state index is 6.98. The zero-order valence-electron chi connectivity index (χ0n) is 28.6. The van der Waals surface area contributed by atoms with Gasteiger partial charge in [-0.25, -0.2) is 0 Å². The minimum atomic E-state index is -1.72. The molecule has 3 heteroatoms. The molecule has 1 saturated heterocycles. The van der Waals surface area contributed by atoms with Crippen molar-refractivity contribution in [1.29, 1.82) is 0 Å². The van der Waals surface area contributed by atoms with Crippen LogP contribution < -0.4 is 0 Å². The van der Waals surface area contributed by atoms with E-state index in [0.29, 0.717) is 22.0 Å². The molecule has 0 N–H and O–H groups in total. The molecule has 2 nitrogen and oxygen atoms in total. The number of fused-ring (bicyclic) bond motifs is 5. The van der Waals surface area contributed by atoms with Crippen LogP contribution in [0.15, 0.2) is 42.0 Å². The number of piperidine rings is 1. The van der Waals surface area contributed by atoms with E-state index in [4.69, 9.17) is 4.43 Å². The van der Waals surface area contributed by atoms with Crippen LogP contribution in [0.3, 0.4) is 0 Å². The van der Waals surface area contributed by atoms with Crippen LogP contribution in [0.25, 0.3) is 0 Å². The van der Waals surface area contributed by atoms with E-state index in [1.165, 1.54) is 83.8 Å². The van der Waals surface area contributed by atoms with Crippen LogP contribution in [-0.4, -0.2) is 39.0 Å². The molecule has 0 bridgehead atoms. The van der Waals surface area contributed by atoms with Gasteiger partial charge in [0.2, 0.25) is 0 Å². The van der Waals surface area contributed by atoms with Gasteiger partial charge in [-0.05, 0) is 147 Å². The van der Waals surface area contributed by atoms with E-state index >= 15 is 0 Å². The third-order valence-electron chi connectivity index (χ3n) is 14.5. The Labute approximate surface area is 260 Å². The Balaban J connectivity index is 1.08. The van der Waals surface area contributed by atoms with E-state index in [1.54, 1.807) is 11.1 Å². The van der Waals surface area contributed by atoms with Crippen LogP contribution in [-0.2, 0) is 4.43 Å². The Morgan fingerprint density at radius 3 is 2.33 bits per heavy atom. The summed E-state index contributed by atoms with van der Waals surface area (Å²) in [6.07, 6.45) is 16.9. The highest BCUT2D eigenvalue weighted by Crippen LogP contribution is 2.67. The van der Waals surface area contributed by atoms with E-state index in [0.717, 1.165) is 35.5 Å². The second-order valence-electron chi connectivity index (χ2n) is 17.7. The fraction of sp³-hybridized carbons (Fsp3) is 0.795. The molecule has 0 aromatic heterocycles. The molecule has 3 saturated carbocycles. The van der Waals surface area contributed by atoms with E-state index in [9.17, 15) is 0 Å². The van der Waals surface area contributed by atoms with Crippen molar-refractivity contribution < 1.29 is 4.43 Å². The molecule has 6 rings (SSSR count). The number of hydrogen-bond acceptors (Lipinski definition) is 2. The highest BCUT2D eigenvalue weighted by molar-refractivity contribution is 6.74. The lowest BCUT2D eigenvalue weighted by Crippen LogP contribution is -2.52. The quantitative estimate of drug-likeness (QED) is 0.242. The van der Waals surface area contributed by atoms with Gasteiger partial charge in [0.05, 0.1) is 0 Å². The summed E-state index contributed by atoms with van der Waals surface area (Å²) >= 11 is 0. The average Bonchev–Trinajstić information content (AvgIpc) is 3.31. The number of hydrogen-bond donors (Lipinski definition) is 0. The maximum Gasteiger partial charge on any atom is 0.192 e. The van der Waals surface area contributed by atoms with Crippen LogP contribution in [0.1, 0.15) is 117 Å². The Morgan fingerprint density at radius 2 is 1.64 bits per heavy atom.